The van der Waals surface area contributed by atoms with Crippen LogP contribution in [0.3, 0.4) is 0 Å². The molecule has 0 bridgehead atoms. The van der Waals surface area contributed by atoms with Crippen LogP contribution in [0.4, 0.5) is 5.69 Å². The summed E-state index contributed by atoms with van der Waals surface area (Å²) in [6.07, 6.45) is 4.05. The minimum Gasteiger partial charge on any atom is -0.478 e. The Morgan fingerprint density at radius 3 is 2.93 bits per heavy atom. The van der Waals surface area contributed by atoms with E-state index < -0.39 is 5.97 Å². The zero-order chi connectivity index (χ0) is 10.6. The van der Waals surface area contributed by atoms with Gasteiger partial charge in [-0.2, -0.15) is 0 Å². The molecule has 1 rings (SSSR count). The molecule has 1 N–H and O–H groups in total. The third-order valence-electron chi connectivity index (χ3n) is 2.00. The van der Waals surface area contributed by atoms with Crippen molar-refractivity contribution in [3.8, 4) is 0 Å². The van der Waals surface area contributed by atoms with Gasteiger partial charge in [-0.05, 0) is 12.5 Å². The van der Waals surface area contributed by atoms with Crippen molar-refractivity contribution in [2.45, 2.75) is 13.3 Å². The monoisotopic (exact) mass is 194 g/mol. The van der Waals surface area contributed by atoms with Crippen LogP contribution >= 0.6 is 0 Å². The number of hydrogen-bond acceptors (Lipinski definition) is 3. The molecule has 0 fully saturated rings. The Kier molecular flexibility index (Phi) is 3.45. The number of carboxylic acids is 1. The van der Waals surface area contributed by atoms with E-state index in [9.17, 15) is 4.79 Å². The predicted octanol–water partition coefficient (Wildman–Crippen LogP) is 1.63. The summed E-state index contributed by atoms with van der Waals surface area (Å²) in [4.78, 5) is 16.7. The van der Waals surface area contributed by atoms with Gasteiger partial charge in [-0.15, -0.1) is 0 Å². The molecule has 0 aliphatic carbocycles. The van der Waals surface area contributed by atoms with Crippen LogP contribution in [0.25, 0.3) is 0 Å². The lowest BCUT2D eigenvalue weighted by molar-refractivity contribution is 0.0697. The minimum atomic E-state index is -0.912. The first-order valence-corrected chi connectivity index (χ1v) is 4.55. The van der Waals surface area contributed by atoms with Crippen molar-refractivity contribution in [3.63, 3.8) is 0 Å². The Morgan fingerprint density at radius 1 is 1.64 bits per heavy atom. The molecule has 0 saturated heterocycles. The zero-order valence-corrected chi connectivity index (χ0v) is 8.40. The van der Waals surface area contributed by atoms with Crippen LogP contribution in [0.1, 0.15) is 23.7 Å². The summed E-state index contributed by atoms with van der Waals surface area (Å²) >= 11 is 0. The molecular formula is C10H14N2O2. The highest BCUT2D eigenvalue weighted by molar-refractivity contribution is 5.94. The first kappa shape index (κ1) is 10.5. The maximum Gasteiger partial charge on any atom is 0.337 e. The molecule has 0 unspecified atom stereocenters. The fourth-order valence-electron chi connectivity index (χ4n) is 1.33. The highest BCUT2D eigenvalue weighted by atomic mass is 16.4. The Bertz CT molecular complexity index is 326. The molecule has 1 aromatic rings. The van der Waals surface area contributed by atoms with Crippen molar-refractivity contribution in [3.05, 3.63) is 24.0 Å². The number of hydrogen-bond donors (Lipinski definition) is 1. The number of pyridine rings is 1. The van der Waals surface area contributed by atoms with Gasteiger partial charge in [-0.3, -0.25) is 4.98 Å². The SMILES string of the molecule is CCCN(C)c1cnccc1C(=O)O. The summed E-state index contributed by atoms with van der Waals surface area (Å²) in [6, 6.07) is 1.52. The summed E-state index contributed by atoms with van der Waals surface area (Å²) in [5.74, 6) is -0.912. The quantitative estimate of drug-likeness (QED) is 0.791. The summed E-state index contributed by atoms with van der Waals surface area (Å²) < 4.78 is 0. The van der Waals surface area contributed by atoms with Gasteiger partial charge in [0.2, 0.25) is 0 Å². The van der Waals surface area contributed by atoms with Crippen LogP contribution in [0.15, 0.2) is 18.5 Å². The average Bonchev–Trinajstić information content (AvgIpc) is 2.18. The normalized spacial score (nSPS) is 9.86. The number of aromatic nitrogens is 1. The Morgan fingerprint density at radius 2 is 2.36 bits per heavy atom. The first-order chi connectivity index (χ1) is 6.66. The fraction of sp³-hybridized carbons (Fsp3) is 0.400. The van der Waals surface area contributed by atoms with Crippen LogP contribution in [-0.4, -0.2) is 29.7 Å². The van der Waals surface area contributed by atoms with Gasteiger partial charge in [-0.25, -0.2) is 4.79 Å². The molecular weight excluding hydrogens is 180 g/mol. The van der Waals surface area contributed by atoms with Gasteiger partial charge in [-0.1, -0.05) is 6.92 Å². The van der Waals surface area contributed by atoms with E-state index in [-0.39, 0.29) is 0 Å². The van der Waals surface area contributed by atoms with Crippen molar-refractivity contribution >= 4 is 11.7 Å². The Hall–Kier alpha value is -1.58. The van der Waals surface area contributed by atoms with E-state index in [4.69, 9.17) is 5.11 Å². The topological polar surface area (TPSA) is 53.4 Å². The summed E-state index contributed by atoms with van der Waals surface area (Å²) in [5, 5.41) is 8.93. The van der Waals surface area contributed by atoms with Gasteiger partial charge in [0.25, 0.3) is 0 Å². The standard InChI is InChI=1S/C10H14N2O2/c1-3-6-12(2)9-7-11-5-4-8(9)10(13)14/h4-5,7H,3,6H2,1-2H3,(H,13,14). The van der Waals surface area contributed by atoms with Crippen molar-refractivity contribution in [2.75, 3.05) is 18.5 Å². The molecule has 0 amide bonds. The lowest BCUT2D eigenvalue weighted by Gasteiger charge is -2.19. The van der Waals surface area contributed by atoms with E-state index in [1.165, 1.54) is 12.3 Å². The first-order valence-electron chi connectivity index (χ1n) is 4.55. The lowest BCUT2D eigenvalue weighted by Crippen LogP contribution is -2.20. The summed E-state index contributed by atoms with van der Waals surface area (Å²) in [6.45, 7) is 2.87. The van der Waals surface area contributed by atoms with Crippen LogP contribution in [0.5, 0.6) is 0 Å². The number of nitrogens with zero attached hydrogens (tertiary/aromatic N) is 2. The van der Waals surface area contributed by atoms with Gasteiger partial charge in [0.05, 0.1) is 17.4 Å². The molecule has 0 aliphatic heterocycles. The van der Waals surface area contributed by atoms with Gasteiger partial charge in [0.15, 0.2) is 0 Å². The van der Waals surface area contributed by atoms with Crippen LogP contribution in [0.2, 0.25) is 0 Å². The van der Waals surface area contributed by atoms with E-state index in [2.05, 4.69) is 4.98 Å². The van der Waals surface area contributed by atoms with E-state index in [0.717, 1.165) is 13.0 Å². The summed E-state index contributed by atoms with van der Waals surface area (Å²) in [7, 11) is 1.87. The van der Waals surface area contributed by atoms with Gasteiger partial charge in [0.1, 0.15) is 0 Å². The highest BCUT2D eigenvalue weighted by Crippen LogP contribution is 2.17. The molecule has 4 nitrogen and oxygen atoms in total. The maximum atomic E-state index is 10.9. The zero-order valence-electron chi connectivity index (χ0n) is 8.40. The molecule has 14 heavy (non-hydrogen) atoms. The van der Waals surface area contributed by atoms with E-state index >= 15 is 0 Å². The largest absolute Gasteiger partial charge is 0.478 e. The van der Waals surface area contributed by atoms with Gasteiger partial charge >= 0.3 is 5.97 Å². The molecule has 4 heteroatoms. The smallest absolute Gasteiger partial charge is 0.337 e. The van der Waals surface area contributed by atoms with Crippen LogP contribution in [0, 0.1) is 0 Å². The third-order valence-corrected chi connectivity index (χ3v) is 2.00. The van der Waals surface area contributed by atoms with E-state index in [0.29, 0.717) is 11.3 Å². The average molecular weight is 194 g/mol. The van der Waals surface area contributed by atoms with Gasteiger partial charge < -0.3 is 10.0 Å². The highest BCUT2D eigenvalue weighted by Gasteiger charge is 2.12. The van der Waals surface area contributed by atoms with Crippen LogP contribution < -0.4 is 4.90 Å². The minimum absolute atomic E-state index is 0.302. The molecule has 0 aromatic carbocycles. The molecule has 0 radical (unpaired) electrons. The Balaban J connectivity index is 3.00. The van der Waals surface area contributed by atoms with Crippen molar-refractivity contribution in [1.29, 1.82) is 0 Å². The predicted molar refractivity (Wildman–Crippen MR) is 54.8 cm³/mol. The van der Waals surface area contributed by atoms with Gasteiger partial charge in [0, 0.05) is 19.8 Å². The van der Waals surface area contributed by atoms with Crippen LogP contribution in [-0.2, 0) is 0 Å². The van der Waals surface area contributed by atoms with Crippen molar-refractivity contribution < 1.29 is 9.90 Å². The molecule has 76 valence electrons. The number of carbonyl (C=O) groups is 1. The van der Waals surface area contributed by atoms with Crippen molar-refractivity contribution in [2.24, 2.45) is 0 Å². The molecule has 0 spiro atoms. The molecule has 0 atom stereocenters. The number of aromatic carboxylic acids is 1. The maximum absolute atomic E-state index is 10.9. The summed E-state index contributed by atoms with van der Waals surface area (Å²) in [5.41, 5.74) is 0.970. The number of carboxylic acid groups (broad SMARTS) is 1. The second-order valence-electron chi connectivity index (χ2n) is 3.12. The molecule has 1 aromatic heterocycles. The van der Waals surface area contributed by atoms with Crippen molar-refractivity contribution in [1.82, 2.24) is 4.98 Å². The number of rotatable bonds is 4. The van der Waals surface area contributed by atoms with E-state index in [1.807, 2.05) is 18.9 Å². The molecule has 0 aliphatic rings. The number of anilines is 1. The van der Waals surface area contributed by atoms with E-state index in [1.54, 1.807) is 6.20 Å². The second-order valence-corrected chi connectivity index (χ2v) is 3.12. The molecule has 1 heterocycles. The second kappa shape index (κ2) is 4.60. The lowest BCUT2D eigenvalue weighted by atomic mass is 10.2. The third kappa shape index (κ3) is 2.22. The fourth-order valence-corrected chi connectivity index (χ4v) is 1.33. The molecule has 0 saturated carbocycles. The Labute approximate surface area is 83.2 Å².